The zero-order chi connectivity index (χ0) is 17.3. The molecule has 5 heteroatoms. The Morgan fingerprint density at radius 2 is 1.83 bits per heavy atom. The van der Waals surface area contributed by atoms with Crippen LogP contribution in [0.1, 0.15) is 10.4 Å². The molecule has 2 aromatic carbocycles. The Labute approximate surface area is 139 Å². The molecule has 0 atom stereocenters. The van der Waals surface area contributed by atoms with Crippen LogP contribution in [0.5, 0.6) is 5.75 Å². The summed E-state index contributed by atoms with van der Waals surface area (Å²) in [5.41, 5.74) is 1.75. The molecule has 0 saturated carbocycles. The Bertz CT molecular complexity index is 958. The molecule has 0 aliphatic carbocycles. The van der Waals surface area contributed by atoms with Crippen LogP contribution in [0.2, 0.25) is 0 Å². The molecule has 0 fully saturated rings. The Morgan fingerprint density at radius 3 is 2.46 bits per heavy atom. The Kier molecular flexibility index (Phi) is 4.08. The first-order valence-corrected chi connectivity index (χ1v) is 7.43. The fourth-order valence-corrected chi connectivity index (χ4v) is 2.58. The van der Waals surface area contributed by atoms with Crippen LogP contribution in [-0.2, 0) is 0 Å². The van der Waals surface area contributed by atoms with Gasteiger partial charge in [-0.1, -0.05) is 30.3 Å². The molecule has 0 bridgehead atoms. The number of benzene rings is 2. The fourth-order valence-electron chi connectivity index (χ4n) is 2.58. The largest absolute Gasteiger partial charge is 0.496 e. The maximum atomic E-state index is 12.9. The quantitative estimate of drug-likeness (QED) is 0.743. The highest BCUT2D eigenvalue weighted by atomic mass is 16.5. The van der Waals surface area contributed by atoms with Crippen LogP contribution in [0, 0.1) is 0 Å². The molecule has 24 heavy (non-hydrogen) atoms. The molecule has 0 unspecified atom stereocenters. The molecule has 3 aromatic rings. The van der Waals surface area contributed by atoms with Crippen LogP contribution in [0.25, 0.3) is 22.1 Å². The second kappa shape index (κ2) is 6.20. The highest BCUT2D eigenvalue weighted by Gasteiger charge is 2.18. The highest BCUT2D eigenvalue weighted by Crippen LogP contribution is 2.28. The average molecular weight is 323 g/mol. The topological polar surface area (TPSA) is 59.8 Å². The zero-order valence-electron chi connectivity index (χ0n) is 13.7. The van der Waals surface area contributed by atoms with Crippen molar-refractivity contribution in [3.63, 3.8) is 0 Å². The van der Waals surface area contributed by atoms with Gasteiger partial charge in [0, 0.05) is 19.7 Å². The van der Waals surface area contributed by atoms with Gasteiger partial charge in [-0.25, -0.2) is 0 Å². The van der Waals surface area contributed by atoms with E-state index < -0.39 is 0 Å². The van der Waals surface area contributed by atoms with Crippen LogP contribution in [0.3, 0.4) is 0 Å². The van der Waals surface area contributed by atoms with Crippen LogP contribution in [-0.4, -0.2) is 32.0 Å². The van der Waals surface area contributed by atoms with Crippen molar-refractivity contribution in [2.45, 2.75) is 0 Å². The third-order valence-corrected chi connectivity index (χ3v) is 3.80. The van der Waals surface area contributed by atoms with Crippen molar-refractivity contribution in [1.29, 1.82) is 0 Å². The van der Waals surface area contributed by atoms with E-state index >= 15 is 0 Å². The molecule has 0 spiro atoms. The van der Waals surface area contributed by atoms with Crippen molar-refractivity contribution in [2.75, 3.05) is 21.2 Å². The normalized spacial score (nSPS) is 10.6. The van der Waals surface area contributed by atoms with E-state index in [-0.39, 0.29) is 11.3 Å². The maximum absolute atomic E-state index is 12.9. The van der Waals surface area contributed by atoms with Gasteiger partial charge in [0.2, 0.25) is 5.43 Å². The number of carbonyl (C=O) groups excluding carboxylic acids is 1. The number of fused-ring (bicyclic) bond motifs is 1. The van der Waals surface area contributed by atoms with Crippen molar-refractivity contribution in [2.24, 2.45) is 0 Å². The van der Waals surface area contributed by atoms with Crippen LogP contribution >= 0.6 is 0 Å². The van der Waals surface area contributed by atoms with E-state index in [0.717, 1.165) is 5.56 Å². The Hall–Kier alpha value is -3.08. The third-order valence-electron chi connectivity index (χ3n) is 3.80. The number of nitrogens with zero attached hydrogens (tertiary/aromatic N) is 1. The van der Waals surface area contributed by atoms with Crippen molar-refractivity contribution >= 4 is 16.9 Å². The van der Waals surface area contributed by atoms with Crippen molar-refractivity contribution < 1.29 is 13.9 Å². The lowest BCUT2D eigenvalue weighted by Gasteiger charge is -2.13. The summed E-state index contributed by atoms with van der Waals surface area (Å²) in [6, 6.07) is 12.4. The summed E-state index contributed by atoms with van der Waals surface area (Å²) >= 11 is 0. The maximum Gasteiger partial charge on any atom is 0.253 e. The Balaban J connectivity index is 2.27. The second-order valence-corrected chi connectivity index (χ2v) is 5.60. The molecule has 3 rings (SSSR count). The summed E-state index contributed by atoms with van der Waals surface area (Å²) in [7, 11) is 4.79. The van der Waals surface area contributed by atoms with Gasteiger partial charge in [-0.2, -0.15) is 0 Å². The summed E-state index contributed by atoms with van der Waals surface area (Å²) in [6.45, 7) is 0. The predicted octanol–water partition coefficient (Wildman–Crippen LogP) is 3.17. The van der Waals surface area contributed by atoms with E-state index in [0.29, 0.717) is 27.8 Å². The number of amides is 1. The minimum atomic E-state index is -0.192. The lowest BCUT2D eigenvalue weighted by molar-refractivity contribution is 0.0827. The fraction of sp³-hybridized carbons (Fsp3) is 0.158. The lowest BCUT2D eigenvalue weighted by atomic mass is 10.0. The van der Waals surface area contributed by atoms with Crippen LogP contribution in [0.15, 0.2) is 57.9 Å². The number of hydrogen-bond acceptors (Lipinski definition) is 4. The van der Waals surface area contributed by atoms with Crippen molar-refractivity contribution in [3.8, 4) is 16.9 Å². The molecule has 5 nitrogen and oxygen atoms in total. The van der Waals surface area contributed by atoms with E-state index in [1.807, 2.05) is 30.3 Å². The van der Waals surface area contributed by atoms with Gasteiger partial charge in [-0.15, -0.1) is 0 Å². The van der Waals surface area contributed by atoms with Gasteiger partial charge >= 0.3 is 0 Å². The minimum absolute atomic E-state index is 0.190. The number of rotatable bonds is 3. The summed E-state index contributed by atoms with van der Waals surface area (Å²) in [4.78, 5) is 26.5. The van der Waals surface area contributed by atoms with Gasteiger partial charge in [0.05, 0.1) is 12.7 Å². The first kappa shape index (κ1) is 15.8. The average Bonchev–Trinajstić information content (AvgIpc) is 2.61. The molecule has 1 aromatic heterocycles. The Morgan fingerprint density at radius 1 is 1.12 bits per heavy atom. The molecule has 0 N–H and O–H groups in total. The zero-order valence-corrected chi connectivity index (χ0v) is 13.7. The van der Waals surface area contributed by atoms with Gasteiger partial charge in [0.15, 0.2) is 0 Å². The number of hydrogen-bond donors (Lipinski definition) is 0. The molecular formula is C19H17NO4. The van der Waals surface area contributed by atoms with E-state index in [9.17, 15) is 9.59 Å². The van der Waals surface area contributed by atoms with Gasteiger partial charge in [-0.3, -0.25) is 9.59 Å². The smallest absolute Gasteiger partial charge is 0.253 e. The number of carbonyl (C=O) groups is 1. The minimum Gasteiger partial charge on any atom is -0.496 e. The standard InChI is InChI=1S/C19H17NO4/c1-20(2)19(22)13-9-15(23-3)17-16(10-13)24-11-14(18(17)21)12-7-5-4-6-8-12/h4-11H,1-3H3. The lowest BCUT2D eigenvalue weighted by Crippen LogP contribution is -2.21. The molecule has 122 valence electrons. The van der Waals surface area contributed by atoms with E-state index in [4.69, 9.17) is 9.15 Å². The van der Waals surface area contributed by atoms with Crippen molar-refractivity contribution in [3.05, 3.63) is 64.5 Å². The summed E-state index contributed by atoms with van der Waals surface area (Å²) in [5.74, 6) is 0.134. The molecular weight excluding hydrogens is 306 g/mol. The van der Waals surface area contributed by atoms with Crippen LogP contribution in [0.4, 0.5) is 0 Å². The van der Waals surface area contributed by atoms with Crippen molar-refractivity contribution in [1.82, 2.24) is 4.90 Å². The highest BCUT2D eigenvalue weighted by molar-refractivity contribution is 5.99. The second-order valence-electron chi connectivity index (χ2n) is 5.60. The molecule has 0 saturated heterocycles. The third kappa shape index (κ3) is 2.65. The first-order valence-electron chi connectivity index (χ1n) is 7.43. The first-order chi connectivity index (χ1) is 11.5. The number of ether oxygens (including phenoxy) is 1. The molecule has 0 aliphatic rings. The molecule has 1 heterocycles. The van der Waals surface area contributed by atoms with E-state index in [2.05, 4.69) is 0 Å². The monoisotopic (exact) mass is 323 g/mol. The SMILES string of the molecule is COc1cc(C(=O)N(C)C)cc2occ(-c3ccccc3)c(=O)c12. The summed E-state index contributed by atoms with van der Waals surface area (Å²) in [6.07, 6.45) is 1.42. The van der Waals surface area contributed by atoms with Crippen LogP contribution < -0.4 is 10.2 Å². The number of methoxy groups -OCH3 is 1. The van der Waals surface area contributed by atoms with Gasteiger partial charge < -0.3 is 14.1 Å². The molecule has 0 aliphatic heterocycles. The van der Waals surface area contributed by atoms with Gasteiger partial charge in [0.1, 0.15) is 23.0 Å². The molecule has 1 amide bonds. The van der Waals surface area contributed by atoms with E-state index in [1.165, 1.54) is 18.3 Å². The predicted molar refractivity (Wildman–Crippen MR) is 92.5 cm³/mol. The summed E-state index contributed by atoms with van der Waals surface area (Å²) < 4.78 is 11.0. The molecule has 0 radical (unpaired) electrons. The summed E-state index contributed by atoms with van der Waals surface area (Å²) in [5, 5.41) is 0.328. The van der Waals surface area contributed by atoms with Gasteiger partial charge in [0.25, 0.3) is 5.91 Å². The van der Waals surface area contributed by atoms with Gasteiger partial charge in [-0.05, 0) is 17.7 Å². The van der Waals surface area contributed by atoms with E-state index in [1.54, 1.807) is 26.2 Å².